The van der Waals surface area contributed by atoms with Gasteiger partial charge in [0, 0.05) is 44.7 Å². The summed E-state index contributed by atoms with van der Waals surface area (Å²) in [4.78, 5) is 18.1. The molecule has 4 aromatic rings. The number of rotatable bonds is 6. The topological polar surface area (TPSA) is 93.4 Å². The second-order valence-electron chi connectivity index (χ2n) is 8.57. The van der Waals surface area contributed by atoms with Crippen LogP contribution in [0.5, 0.6) is 0 Å². The number of benzene rings is 2. The Hall–Kier alpha value is -2.59. The van der Waals surface area contributed by atoms with Crippen LogP contribution in [0.1, 0.15) is 22.5 Å². The number of nitrogens with zero attached hydrogens (tertiary/aromatic N) is 3. The third kappa shape index (κ3) is 4.85. The number of hydrogen-bond donors (Lipinski definition) is 1. The Morgan fingerprint density at radius 2 is 1.89 bits per heavy atom. The van der Waals surface area contributed by atoms with Crippen LogP contribution in [0.15, 0.2) is 54.7 Å². The number of fused-ring (bicyclic) bond motifs is 1. The highest BCUT2D eigenvalue weighted by atomic mass is 35.5. The van der Waals surface area contributed by atoms with Crippen molar-refractivity contribution in [3.63, 3.8) is 0 Å². The minimum absolute atomic E-state index is 0.0596. The van der Waals surface area contributed by atoms with E-state index in [1.165, 1.54) is 11.8 Å². The summed E-state index contributed by atoms with van der Waals surface area (Å²) in [5.74, 6) is 0.119. The maximum atomic E-state index is 13.4. The summed E-state index contributed by atoms with van der Waals surface area (Å²) < 4.78 is 25.5. The number of aromatic nitrogens is 3. The average Bonchev–Trinajstić information content (AvgIpc) is 3.38. The first-order valence-electron chi connectivity index (χ1n) is 11.2. The third-order valence-electron chi connectivity index (χ3n) is 6.07. The lowest BCUT2D eigenvalue weighted by molar-refractivity contribution is 0.0942. The van der Waals surface area contributed by atoms with Gasteiger partial charge >= 0.3 is 0 Å². The molecule has 1 unspecified atom stereocenters. The molecule has 36 heavy (non-hydrogen) atoms. The molecule has 7 nitrogen and oxygen atoms in total. The van der Waals surface area contributed by atoms with Crippen molar-refractivity contribution in [2.75, 3.05) is 17.8 Å². The lowest BCUT2D eigenvalue weighted by Crippen LogP contribution is -2.36. The molecule has 1 aliphatic rings. The Morgan fingerprint density at radius 1 is 1.14 bits per heavy atom. The van der Waals surface area contributed by atoms with Gasteiger partial charge in [0.05, 0.1) is 22.9 Å². The molecule has 1 N–H and O–H groups in total. The fourth-order valence-corrected chi connectivity index (χ4v) is 6.94. The monoisotopic (exact) mass is 560 g/mol. The first kappa shape index (κ1) is 25.1. The third-order valence-corrected chi connectivity index (χ3v) is 8.99. The molecule has 1 atom stereocenters. The van der Waals surface area contributed by atoms with Gasteiger partial charge in [-0.2, -0.15) is 16.9 Å². The number of sulfone groups is 1. The van der Waals surface area contributed by atoms with Gasteiger partial charge in [0.15, 0.2) is 15.5 Å². The van der Waals surface area contributed by atoms with Crippen LogP contribution >= 0.6 is 35.0 Å². The molecular weight excluding hydrogens is 539 g/mol. The molecule has 0 saturated carbocycles. The van der Waals surface area contributed by atoms with Crippen molar-refractivity contribution in [1.82, 2.24) is 19.9 Å². The van der Waals surface area contributed by atoms with Gasteiger partial charge in [0.25, 0.3) is 5.91 Å². The lowest BCUT2D eigenvalue weighted by Gasteiger charge is -2.14. The summed E-state index contributed by atoms with van der Waals surface area (Å²) in [7, 11) is -3.14. The fourth-order valence-electron chi connectivity index (χ4n) is 4.43. The summed E-state index contributed by atoms with van der Waals surface area (Å²) in [6.45, 7) is 0. The standard InChI is InChI=1S/C25H22Cl2N4O3S2/c1-35-13-21-22(25(32)29-17-10-11-36(33,34)14-17)24-28-12-19(18-4-2-3-5-20(18)27)23(31(24)30-21)15-6-8-16(26)9-7-15/h2-9,12,17H,10-11,13-14H2,1H3,(H,29,32). The van der Waals surface area contributed by atoms with Crippen molar-refractivity contribution >= 4 is 56.4 Å². The predicted octanol–water partition coefficient (Wildman–Crippen LogP) is 5.15. The van der Waals surface area contributed by atoms with E-state index in [9.17, 15) is 13.2 Å². The zero-order chi connectivity index (χ0) is 25.4. The minimum Gasteiger partial charge on any atom is -0.348 e. The molecule has 2 aromatic carbocycles. The Balaban J connectivity index is 1.71. The second-order valence-corrected chi connectivity index (χ2v) is 12.5. The van der Waals surface area contributed by atoms with E-state index in [2.05, 4.69) is 10.3 Å². The van der Waals surface area contributed by atoms with Crippen molar-refractivity contribution in [2.45, 2.75) is 18.2 Å². The number of nitrogens with one attached hydrogen (secondary N) is 1. The molecule has 3 heterocycles. The van der Waals surface area contributed by atoms with E-state index < -0.39 is 15.9 Å². The highest BCUT2D eigenvalue weighted by molar-refractivity contribution is 7.97. The largest absolute Gasteiger partial charge is 0.348 e. The van der Waals surface area contributed by atoms with E-state index >= 15 is 0 Å². The van der Waals surface area contributed by atoms with E-state index in [1.807, 2.05) is 42.7 Å². The summed E-state index contributed by atoms with van der Waals surface area (Å²) in [5.41, 5.74) is 4.38. The summed E-state index contributed by atoms with van der Waals surface area (Å²) in [5, 5.41) is 8.87. The number of carbonyl (C=O) groups is 1. The van der Waals surface area contributed by atoms with Crippen LogP contribution in [0.4, 0.5) is 0 Å². The first-order valence-corrected chi connectivity index (χ1v) is 15.2. The van der Waals surface area contributed by atoms with Gasteiger partial charge in [-0.3, -0.25) is 4.79 Å². The number of halogens is 2. The molecule has 0 aliphatic carbocycles. The van der Waals surface area contributed by atoms with Crippen LogP contribution in [0.3, 0.4) is 0 Å². The smallest absolute Gasteiger partial charge is 0.257 e. The van der Waals surface area contributed by atoms with Gasteiger partial charge in [-0.1, -0.05) is 53.5 Å². The molecule has 0 spiro atoms. The molecule has 5 rings (SSSR count). The Bertz CT molecular complexity index is 1570. The van der Waals surface area contributed by atoms with Gasteiger partial charge in [0.2, 0.25) is 0 Å². The minimum atomic E-state index is -3.14. The molecular formula is C25H22Cl2N4O3S2. The van der Waals surface area contributed by atoms with Crippen LogP contribution < -0.4 is 5.32 Å². The van der Waals surface area contributed by atoms with Gasteiger partial charge in [-0.05, 0) is 30.9 Å². The van der Waals surface area contributed by atoms with Crippen LogP contribution in [-0.4, -0.2) is 52.7 Å². The van der Waals surface area contributed by atoms with Crippen LogP contribution in [0.25, 0.3) is 28.0 Å². The van der Waals surface area contributed by atoms with Crippen molar-refractivity contribution in [3.05, 3.63) is 76.0 Å². The number of hydrogen-bond acceptors (Lipinski definition) is 6. The van der Waals surface area contributed by atoms with Crippen LogP contribution in [-0.2, 0) is 15.6 Å². The highest BCUT2D eigenvalue weighted by Crippen LogP contribution is 2.37. The molecule has 0 bridgehead atoms. The van der Waals surface area contributed by atoms with E-state index in [1.54, 1.807) is 22.8 Å². The second kappa shape index (κ2) is 10.0. The molecule has 11 heteroatoms. The SMILES string of the molecule is CSCc1nn2c(-c3ccc(Cl)cc3)c(-c3ccccc3Cl)cnc2c1C(=O)NC1CCS(=O)(=O)C1. The Labute approximate surface area is 223 Å². The summed E-state index contributed by atoms with van der Waals surface area (Å²) in [6.07, 6.45) is 4.02. The van der Waals surface area contributed by atoms with Crippen molar-refractivity contribution in [3.8, 4) is 22.4 Å². The Morgan fingerprint density at radius 3 is 2.56 bits per heavy atom. The quantitative estimate of drug-likeness (QED) is 0.350. The zero-order valence-electron chi connectivity index (χ0n) is 19.2. The van der Waals surface area contributed by atoms with Crippen molar-refractivity contribution in [2.24, 2.45) is 0 Å². The van der Waals surface area contributed by atoms with Gasteiger partial charge in [-0.15, -0.1) is 0 Å². The van der Waals surface area contributed by atoms with Gasteiger partial charge < -0.3 is 5.32 Å². The average molecular weight is 562 g/mol. The van der Waals surface area contributed by atoms with Crippen LogP contribution in [0.2, 0.25) is 10.0 Å². The Kier molecular flexibility index (Phi) is 7.00. The van der Waals surface area contributed by atoms with E-state index in [0.717, 1.165) is 22.4 Å². The van der Waals surface area contributed by atoms with E-state index in [0.29, 0.717) is 39.1 Å². The molecule has 1 saturated heterocycles. The molecule has 1 amide bonds. The van der Waals surface area contributed by atoms with E-state index in [-0.39, 0.29) is 17.4 Å². The fraction of sp³-hybridized carbons (Fsp3) is 0.240. The molecule has 1 fully saturated rings. The van der Waals surface area contributed by atoms with Crippen LogP contribution in [0, 0.1) is 0 Å². The van der Waals surface area contributed by atoms with Crippen molar-refractivity contribution < 1.29 is 13.2 Å². The summed E-state index contributed by atoms with van der Waals surface area (Å²) >= 11 is 14.2. The molecule has 1 aliphatic heterocycles. The highest BCUT2D eigenvalue weighted by Gasteiger charge is 2.31. The number of amides is 1. The number of carbonyl (C=O) groups excluding carboxylic acids is 1. The lowest BCUT2D eigenvalue weighted by atomic mass is 10.0. The normalized spacial score (nSPS) is 16.9. The maximum Gasteiger partial charge on any atom is 0.257 e. The zero-order valence-corrected chi connectivity index (χ0v) is 22.4. The molecule has 186 valence electrons. The van der Waals surface area contributed by atoms with Gasteiger partial charge in [-0.25, -0.2) is 17.9 Å². The van der Waals surface area contributed by atoms with Crippen molar-refractivity contribution in [1.29, 1.82) is 0 Å². The maximum absolute atomic E-state index is 13.4. The van der Waals surface area contributed by atoms with E-state index in [4.69, 9.17) is 28.3 Å². The molecule has 0 radical (unpaired) electrons. The number of thioether (sulfide) groups is 1. The predicted molar refractivity (Wildman–Crippen MR) is 146 cm³/mol. The van der Waals surface area contributed by atoms with Gasteiger partial charge in [0.1, 0.15) is 5.56 Å². The summed E-state index contributed by atoms with van der Waals surface area (Å²) in [6, 6.07) is 14.4. The first-order chi connectivity index (χ1) is 17.3. The molecule has 2 aromatic heterocycles.